The SMILES string of the molecule is CC1CC(C2CC3CC2C2CCCC32)CCC1O. The molecule has 0 heterocycles. The molecular weight excluding hydrogens is 220 g/mol. The molecule has 8 unspecified atom stereocenters. The lowest BCUT2D eigenvalue weighted by Gasteiger charge is -2.41. The Kier molecular flexibility index (Phi) is 2.76. The van der Waals surface area contributed by atoms with E-state index in [-0.39, 0.29) is 6.10 Å². The van der Waals surface area contributed by atoms with Gasteiger partial charge in [0.05, 0.1) is 6.10 Å². The molecule has 18 heavy (non-hydrogen) atoms. The van der Waals surface area contributed by atoms with Gasteiger partial charge in [0.15, 0.2) is 0 Å². The Labute approximate surface area is 111 Å². The van der Waals surface area contributed by atoms with Gasteiger partial charge in [-0.3, -0.25) is 0 Å². The summed E-state index contributed by atoms with van der Waals surface area (Å²) in [6.45, 7) is 2.27. The third kappa shape index (κ3) is 1.62. The first-order valence-electron chi connectivity index (χ1n) is 8.42. The van der Waals surface area contributed by atoms with E-state index in [1.165, 1.54) is 19.3 Å². The molecule has 4 aliphatic carbocycles. The summed E-state index contributed by atoms with van der Waals surface area (Å²) in [6, 6.07) is 0. The van der Waals surface area contributed by atoms with E-state index in [0.29, 0.717) is 5.92 Å². The third-order valence-electron chi connectivity index (χ3n) is 7.25. The van der Waals surface area contributed by atoms with Gasteiger partial charge in [-0.25, -0.2) is 0 Å². The normalized spacial score (nSPS) is 59.0. The summed E-state index contributed by atoms with van der Waals surface area (Å²) in [5, 5.41) is 9.92. The lowest BCUT2D eigenvalue weighted by atomic mass is 9.65. The van der Waals surface area contributed by atoms with E-state index in [4.69, 9.17) is 0 Å². The van der Waals surface area contributed by atoms with Crippen LogP contribution in [0.2, 0.25) is 0 Å². The zero-order valence-corrected chi connectivity index (χ0v) is 11.7. The Bertz CT molecular complexity index is 326. The van der Waals surface area contributed by atoms with Gasteiger partial charge in [0, 0.05) is 0 Å². The summed E-state index contributed by atoms with van der Waals surface area (Å²) in [5.41, 5.74) is 0. The van der Waals surface area contributed by atoms with E-state index in [9.17, 15) is 5.11 Å². The highest BCUT2D eigenvalue weighted by atomic mass is 16.3. The van der Waals surface area contributed by atoms with Crippen LogP contribution in [0.1, 0.15) is 58.3 Å². The van der Waals surface area contributed by atoms with E-state index in [1.807, 2.05) is 0 Å². The second kappa shape index (κ2) is 4.23. The zero-order valence-electron chi connectivity index (χ0n) is 11.7. The summed E-state index contributed by atoms with van der Waals surface area (Å²) in [6.07, 6.45) is 11.5. The third-order valence-corrected chi connectivity index (χ3v) is 7.25. The molecule has 2 bridgehead atoms. The molecule has 102 valence electrons. The van der Waals surface area contributed by atoms with Crippen LogP contribution in [0.3, 0.4) is 0 Å². The molecule has 0 aromatic rings. The molecule has 0 amide bonds. The predicted octanol–water partition coefficient (Wildman–Crippen LogP) is 3.86. The Hall–Kier alpha value is -0.0400. The second-order valence-corrected chi connectivity index (χ2v) is 7.94. The first-order chi connectivity index (χ1) is 8.74. The number of rotatable bonds is 1. The summed E-state index contributed by atoms with van der Waals surface area (Å²) >= 11 is 0. The molecular formula is C17H28O. The number of hydrogen-bond donors (Lipinski definition) is 1. The number of hydrogen-bond acceptors (Lipinski definition) is 1. The Morgan fingerprint density at radius 1 is 0.722 bits per heavy atom. The number of aliphatic hydroxyl groups is 1. The van der Waals surface area contributed by atoms with Crippen molar-refractivity contribution in [1.29, 1.82) is 0 Å². The van der Waals surface area contributed by atoms with Crippen LogP contribution in [-0.2, 0) is 0 Å². The highest BCUT2D eigenvalue weighted by molar-refractivity contribution is 5.04. The van der Waals surface area contributed by atoms with E-state index >= 15 is 0 Å². The van der Waals surface area contributed by atoms with E-state index < -0.39 is 0 Å². The maximum Gasteiger partial charge on any atom is 0.0566 e. The summed E-state index contributed by atoms with van der Waals surface area (Å²) in [7, 11) is 0. The maximum absolute atomic E-state index is 9.92. The molecule has 4 fully saturated rings. The molecule has 4 aliphatic rings. The van der Waals surface area contributed by atoms with Gasteiger partial charge in [-0.05, 0) is 86.4 Å². The van der Waals surface area contributed by atoms with Crippen LogP contribution in [0.5, 0.6) is 0 Å². The molecule has 8 atom stereocenters. The molecule has 0 spiro atoms. The second-order valence-electron chi connectivity index (χ2n) is 7.94. The van der Waals surface area contributed by atoms with Crippen LogP contribution < -0.4 is 0 Å². The van der Waals surface area contributed by atoms with Crippen molar-refractivity contribution in [2.75, 3.05) is 0 Å². The van der Waals surface area contributed by atoms with Crippen LogP contribution in [0.4, 0.5) is 0 Å². The van der Waals surface area contributed by atoms with Crippen molar-refractivity contribution >= 4 is 0 Å². The Balaban J connectivity index is 1.47. The Morgan fingerprint density at radius 2 is 1.50 bits per heavy atom. The van der Waals surface area contributed by atoms with Crippen molar-refractivity contribution in [1.82, 2.24) is 0 Å². The van der Waals surface area contributed by atoms with E-state index in [1.54, 1.807) is 25.7 Å². The van der Waals surface area contributed by atoms with Crippen LogP contribution in [0.15, 0.2) is 0 Å². The quantitative estimate of drug-likeness (QED) is 0.747. The molecule has 0 aromatic carbocycles. The standard InChI is InChI=1S/C17H28O/c1-10-7-11(5-6-17(10)18)15-8-12-9-16(15)14-4-2-3-13(12)14/h10-18H,2-9H2,1H3. The largest absolute Gasteiger partial charge is 0.393 e. The first-order valence-corrected chi connectivity index (χ1v) is 8.42. The van der Waals surface area contributed by atoms with Crippen LogP contribution in [-0.4, -0.2) is 11.2 Å². The lowest BCUT2D eigenvalue weighted by Crippen LogP contribution is -2.35. The number of aliphatic hydroxyl groups excluding tert-OH is 1. The zero-order chi connectivity index (χ0) is 12.3. The monoisotopic (exact) mass is 248 g/mol. The van der Waals surface area contributed by atoms with Gasteiger partial charge in [0.2, 0.25) is 0 Å². The topological polar surface area (TPSA) is 20.2 Å². The molecule has 0 aliphatic heterocycles. The Morgan fingerprint density at radius 3 is 2.33 bits per heavy atom. The van der Waals surface area contributed by atoms with E-state index in [0.717, 1.165) is 41.9 Å². The van der Waals surface area contributed by atoms with Gasteiger partial charge in [-0.1, -0.05) is 13.3 Å². The average molecular weight is 248 g/mol. The van der Waals surface area contributed by atoms with Gasteiger partial charge in [-0.2, -0.15) is 0 Å². The molecule has 0 aromatic heterocycles. The fourth-order valence-corrected chi connectivity index (χ4v) is 6.47. The van der Waals surface area contributed by atoms with Crippen molar-refractivity contribution < 1.29 is 5.11 Å². The molecule has 1 heteroatoms. The molecule has 4 rings (SSSR count). The smallest absolute Gasteiger partial charge is 0.0566 e. The van der Waals surface area contributed by atoms with E-state index in [2.05, 4.69) is 6.92 Å². The van der Waals surface area contributed by atoms with Crippen molar-refractivity contribution in [3.63, 3.8) is 0 Å². The van der Waals surface area contributed by atoms with Crippen molar-refractivity contribution in [3.8, 4) is 0 Å². The summed E-state index contributed by atoms with van der Waals surface area (Å²) < 4.78 is 0. The molecule has 0 saturated heterocycles. The molecule has 4 saturated carbocycles. The fraction of sp³-hybridized carbons (Fsp3) is 1.00. The minimum absolute atomic E-state index is 0.000861. The number of fused-ring (bicyclic) bond motifs is 5. The minimum Gasteiger partial charge on any atom is -0.393 e. The van der Waals surface area contributed by atoms with Crippen molar-refractivity contribution in [2.24, 2.45) is 41.4 Å². The maximum atomic E-state index is 9.92. The fourth-order valence-electron chi connectivity index (χ4n) is 6.47. The highest BCUT2D eigenvalue weighted by Crippen LogP contribution is 2.63. The van der Waals surface area contributed by atoms with Gasteiger partial charge < -0.3 is 5.11 Å². The van der Waals surface area contributed by atoms with Crippen LogP contribution in [0, 0.1) is 41.4 Å². The molecule has 1 N–H and O–H groups in total. The molecule has 0 radical (unpaired) electrons. The minimum atomic E-state index is -0.000861. The lowest BCUT2D eigenvalue weighted by molar-refractivity contribution is 0.0221. The highest BCUT2D eigenvalue weighted by Gasteiger charge is 2.55. The van der Waals surface area contributed by atoms with Crippen LogP contribution >= 0.6 is 0 Å². The predicted molar refractivity (Wildman–Crippen MR) is 73.0 cm³/mol. The van der Waals surface area contributed by atoms with Gasteiger partial charge in [-0.15, -0.1) is 0 Å². The average Bonchev–Trinajstić information content (AvgIpc) is 3.01. The van der Waals surface area contributed by atoms with Gasteiger partial charge in [0.1, 0.15) is 0 Å². The van der Waals surface area contributed by atoms with Gasteiger partial charge >= 0.3 is 0 Å². The first kappa shape index (κ1) is 11.8. The van der Waals surface area contributed by atoms with Gasteiger partial charge in [0.25, 0.3) is 0 Å². The summed E-state index contributed by atoms with van der Waals surface area (Å²) in [4.78, 5) is 0. The van der Waals surface area contributed by atoms with Crippen molar-refractivity contribution in [3.05, 3.63) is 0 Å². The van der Waals surface area contributed by atoms with Crippen molar-refractivity contribution in [2.45, 2.75) is 64.4 Å². The molecule has 1 nitrogen and oxygen atoms in total. The summed E-state index contributed by atoms with van der Waals surface area (Å²) in [5.74, 6) is 7.02. The van der Waals surface area contributed by atoms with Crippen LogP contribution in [0.25, 0.3) is 0 Å².